The van der Waals surface area contributed by atoms with Gasteiger partial charge in [0.2, 0.25) is 0 Å². The van der Waals surface area contributed by atoms with E-state index >= 15 is 0 Å². The highest BCUT2D eigenvalue weighted by molar-refractivity contribution is 8.68. The van der Waals surface area contributed by atoms with E-state index in [-0.39, 0.29) is 0 Å². The largest absolute Gasteiger partial charge is 0.111 e. The minimum atomic E-state index is 0.857. The third kappa shape index (κ3) is 9.31. The van der Waals surface area contributed by atoms with Crippen molar-refractivity contribution in [3.63, 3.8) is 0 Å². The third-order valence-electron chi connectivity index (χ3n) is 1.63. The Morgan fingerprint density at radius 3 is 2.27 bits per heavy atom. The van der Waals surface area contributed by atoms with Crippen molar-refractivity contribution in [2.45, 2.75) is 26.2 Å². The van der Waals surface area contributed by atoms with Crippen LogP contribution in [0.3, 0.4) is 0 Å². The van der Waals surface area contributed by atoms with Gasteiger partial charge in [0.05, 0.1) is 0 Å². The highest BCUT2D eigenvalue weighted by atomic mass is 33.1. The summed E-state index contributed by atoms with van der Waals surface area (Å²) in [5, 5.41) is 0. The molecule has 0 aliphatic rings. The van der Waals surface area contributed by atoms with Crippen LogP contribution in [-0.2, 0) is 0 Å². The molecule has 0 radical (unpaired) electrons. The van der Waals surface area contributed by atoms with E-state index in [1.807, 2.05) is 0 Å². The van der Waals surface area contributed by atoms with E-state index in [2.05, 4.69) is 30.2 Å². The summed E-state index contributed by atoms with van der Waals surface area (Å²) in [6.45, 7) is 2.31. The molecule has 0 bridgehead atoms. The first-order valence-corrected chi connectivity index (χ1v) is 7.91. The van der Waals surface area contributed by atoms with E-state index in [0.29, 0.717) is 0 Å². The Bertz CT molecular complexity index is 76.8. The second kappa shape index (κ2) is 9.49. The summed E-state index contributed by atoms with van der Waals surface area (Å²) >= 11 is 8.20. The van der Waals surface area contributed by atoms with E-state index in [1.165, 1.54) is 30.8 Å². The van der Waals surface area contributed by atoms with Gasteiger partial charge in [0.25, 0.3) is 0 Å². The molecule has 0 aromatic heterocycles. The Kier molecular flexibility index (Phi) is 10.7. The van der Waals surface area contributed by atoms with E-state index in [1.54, 1.807) is 21.6 Å². The molecule has 0 N–H and O–H groups in total. The smallest absolute Gasteiger partial charge is 0.00370 e. The van der Waals surface area contributed by atoms with Gasteiger partial charge < -0.3 is 0 Å². The average molecular weight is 228 g/mol. The molecule has 0 rings (SSSR count). The fraction of sp³-hybridized carbons (Fsp3) is 1.00. The minimum absolute atomic E-state index is 0.857. The van der Waals surface area contributed by atoms with Crippen molar-refractivity contribution in [1.29, 1.82) is 0 Å². The van der Waals surface area contributed by atoms with E-state index < -0.39 is 0 Å². The van der Waals surface area contributed by atoms with Crippen LogP contribution in [0.4, 0.5) is 0 Å². The highest BCUT2D eigenvalue weighted by Crippen LogP contribution is 2.18. The standard InChI is InChI=1S/C7H16S4/c1-7(4-6-11-9)3-2-5-10-8/h7-9H,2-6H2,1H3. The van der Waals surface area contributed by atoms with Crippen LogP contribution in [0.15, 0.2) is 0 Å². The van der Waals surface area contributed by atoms with Crippen LogP contribution in [0.2, 0.25) is 0 Å². The quantitative estimate of drug-likeness (QED) is 0.385. The minimum Gasteiger partial charge on any atom is -0.111 e. The lowest BCUT2D eigenvalue weighted by Crippen LogP contribution is -1.96. The molecule has 0 aromatic rings. The normalized spacial score (nSPS) is 13.4. The summed E-state index contributed by atoms with van der Waals surface area (Å²) in [5.74, 6) is 3.22. The molecule has 1 atom stereocenters. The Hall–Kier alpha value is 1.40. The molecule has 4 heteroatoms. The Balaban J connectivity index is 3.02. The van der Waals surface area contributed by atoms with Crippen LogP contribution < -0.4 is 0 Å². The zero-order chi connectivity index (χ0) is 8.53. The van der Waals surface area contributed by atoms with Crippen molar-refractivity contribution in [2.24, 2.45) is 5.92 Å². The molecule has 0 fully saturated rings. The summed E-state index contributed by atoms with van der Waals surface area (Å²) in [4.78, 5) is 0. The lowest BCUT2D eigenvalue weighted by atomic mass is 10.0. The lowest BCUT2D eigenvalue weighted by Gasteiger charge is -2.08. The van der Waals surface area contributed by atoms with E-state index in [0.717, 1.165) is 5.92 Å². The van der Waals surface area contributed by atoms with Gasteiger partial charge in [-0.15, -0.1) is 23.3 Å². The number of rotatable bonds is 7. The maximum atomic E-state index is 4.10. The van der Waals surface area contributed by atoms with Gasteiger partial charge in [-0.25, -0.2) is 0 Å². The van der Waals surface area contributed by atoms with Gasteiger partial charge in [-0.3, -0.25) is 0 Å². The summed E-state index contributed by atoms with van der Waals surface area (Å²) in [6, 6.07) is 0. The topological polar surface area (TPSA) is 0 Å². The molecule has 0 nitrogen and oxygen atoms in total. The fourth-order valence-electron chi connectivity index (χ4n) is 0.895. The Labute approximate surface area is 88.3 Å². The lowest BCUT2D eigenvalue weighted by molar-refractivity contribution is 0.516. The molecule has 0 aromatic carbocycles. The average Bonchev–Trinajstić information content (AvgIpc) is 2.01. The molecule has 0 aliphatic carbocycles. The first kappa shape index (κ1) is 12.4. The molecule has 1 unspecified atom stereocenters. The van der Waals surface area contributed by atoms with Crippen LogP contribution in [0.1, 0.15) is 26.2 Å². The van der Waals surface area contributed by atoms with Gasteiger partial charge in [0.1, 0.15) is 0 Å². The van der Waals surface area contributed by atoms with Gasteiger partial charge in [0.15, 0.2) is 0 Å². The zero-order valence-electron chi connectivity index (χ0n) is 6.82. The molecule has 0 aliphatic heterocycles. The SMILES string of the molecule is CC(CCCSS)CCSS. The molecule has 11 heavy (non-hydrogen) atoms. The van der Waals surface area contributed by atoms with Crippen molar-refractivity contribution in [2.75, 3.05) is 11.5 Å². The number of hydrogen-bond donors (Lipinski definition) is 2. The van der Waals surface area contributed by atoms with Crippen molar-refractivity contribution < 1.29 is 0 Å². The Morgan fingerprint density at radius 2 is 1.73 bits per heavy atom. The van der Waals surface area contributed by atoms with Crippen molar-refractivity contribution >= 4 is 44.9 Å². The molecule has 0 saturated carbocycles. The highest BCUT2D eigenvalue weighted by Gasteiger charge is 2.00. The van der Waals surface area contributed by atoms with Crippen LogP contribution >= 0.6 is 44.9 Å². The summed E-state index contributed by atoms with van der Waals surface area (Å²) in [6.07, 6.45) is 3.93. The Morgan fingerprint density at radius 1 is 1.09 bits per heavy atom. The van der Waals surface area contributed by atoms with Crippen LogP contribution in [0, 0.1) is 5.92 Å². The predicted molar refractivity (Wildman–Crippen MR) is 65.9 cm³/mol. The monoisotopic (exact) mass is 228 g/mol. The summed E-state index contributed by atoms with van der Waals surface area (Å²) < 4.78 is 0. The van der Waals surface area contributed by atoms with Crippen molar-refractivity contribution in [3.8, 4) is 0 Å². The number of hydrogen-bond acceptors (Lipinski definition) is 4. The molecule has 0 spiro atoms. The predicted octanol–water partition coefficient (Wildman–Crippen LogP) is 3.95. The zero-order valence-corrected chi connectivity index (χ0v) is 10.2. The molecule has 0 saturated heterocycles. The van der Waals surface area contributed by atoms with Gasteiger partial charge in [-0.1, -0.05) is 28.5 Å². The number of thiol groups is 2. The van der Waals surface area contributed by atoms with Crippen molar-refractivity contribution in [1.82, 2.24) is 0 Å². The summed E-state index contributed by atoms with van der Waals surface area (Å²) in [5.41, 5.74) is 0. The van der Waals surface area contributed by atoms with Crippen LogP contribution in [0.5, 0.6) is 0 Å². The second-order valence-electron chi connectivity index (χ2n) is 2.70. The molecule has 0 heterocycles. The van der Waals surface area contributed by atoms with Crippen LogP contribution in [0.25, 0.3) is 0 Å². The van der Waals surface area contributed by atoms with E-state index in [4.69, 9.17) is 0 Å². The van der Waals surface area contributed by atoms with Gasteiger partial charge in [0, 0.05) is 11.5 Å². The van der Waals surface area contributed by atoms with Gasteiger partial charge >= 0.3 is 0 Å². The molecule has 68 valence electrons. The maximum Gasteiger partial charge on any atom is 0.00370 e. The van der Waals surface area contributed by atoms with Crippen LogP contribution in [-0.4, -0.2) is 11.5 Å². The third-order valence-corrected chi connectivity index (χ3v) is 3.62. The first-order chi connectivity index (χ1) is 5.31. The van der Waals surface area contributed by atoms with E-state index in [9.17, 15) is 0 Å². The second-order valence-corrected chi connectivity index (χ2v) is 5.58. The summed E-state index contributed by atoms with van der Waals surface area (Å²) in [7, 11) is 3.28. The van der Waals surface area contributed by atoms with Gasteiger partial charge in [-0.2, -0.15) is 0 Å². The fourth-order valence-corrected chi connectivity index (χ4v) is 2.40. The maximum absolute atomic E-state index is 4.10. The van der Waals surface area contributed by atoms with Crippen molar-refractivity contribution in [3.05, 3.63) is 0 Å². The van der Waals surface area contributed by atoms with Gasteiger partial charge in [-0.05, 0) is 25.2 Å². The molecular formula is C7H16S4. The first-order valence-electron chi connectivity index (χ1n) is 3.84. The molecule has 0 amide bonds. The molecular weight excluding hydrogens is 212 g/mol.